The van der Waals surface area contributed by atoms with Crippen molar-refractivity contribution in [1.29, 1.82) is 0 Å². The number of methoxy groups -OCH3 is 1. The zero-order chi connectivity index (χ0) is 18.7. The Bertz CT molecular complexity index is 823. The van der Waals surface area contributed by atoms with Gasteiger partial charge in [0.15, 0.2) is 11.5 Å². The van der Waals surface area contributed by atoms with E-state index in [-0.39, 0.29) is 17.3 Å². The van der Waals surface area contributed by atoms with E-state index in [4.69, 9.17) is 14.1 Å². The van der Waals surface area contributed by atoms with Crippen LogP contribution in [-0.2, 0) is 20.9 Å². The smallest absolute Gasteiger partial charge is 0.333 e. The molecule has 7 heteroatoms. The molecular weight excluding hydrogens is 354 g/mol. The molecule has 3 N–H and O–H groups in total. The van der Waals surface area contributed by atoms with Gasteiger partial charge < -0.3 is 9.84 Å². The van der Waals surface area contributed by atoms with Gasteiger partial charge in [-0.2, -0.15) is 8.42 Å². The fourth-order valence-electron chi connectivity index (χ4n) is 6.02. The predicted octanol–water partition coefficient (Wildman–Crippen LogP) is 2.85. The SMILES string of the molecule is COc1cc2c(cc1O)CCC1C2CCC2(C)C(OS(N)(=O)=O)CCC12. The van der Waals surface area contributed by atoms with Gasteiger partial charge in [0.25, 0.3) is 0 Å². The zero-order valence-electron chi connectivity index (χ0n) is 15.3. The number of fused-ring (bicyclic) bond motifs is 5. The monoisotopic (exact) mass is 381 g/mol. The number of hydrogen-bond donors (Lipinski definition) is 2. The van der Waals surface area contributed by atoms with Gasteiger partial charge >= 0.3 is 10.3 Å². The Morgan fingerprint density at radius 2 is 2.00 bits per heavy atom. The van der Waals surface area contributed by atoms with Crippen molar-refractivity contribution < 1.29 is 22.4 Å². The standard InChI is InChI=1S/C19H27NO5S/c1-19-8-7-12-13(15(19)5-6-18(19)25-26(20,22)23)4-3-11-9-16(21)17(24-2)10-14(11)12/h9-10,12-13,15,18,21H,3-8H2,1-2H3,(H2,20,22,23). The van der Waals surface area contributed by atoms with E-state index < -0.39 is 10.3 Å². The average molecular weight is 381 g/mol. The van der Waals surface area contributed by atoms with Crippen LogP contribution in [0.2, 0.25) is 0 Å². The van der Waals surface area contributed by atoms with Crippen LogP contribution in [0.3, 0.4) is 0 Å². The third kappa shape index (κ3) is 2.80. The van der Waals surface area contributed by atoms with E-state index in [1.54, 1.807) is 7.11 Å². The molecule has 3 aliphatic carbocycles. The minimum Gasteiger partial charge on any atom is -0.504 e. The molecule has 5 atom stereocenters. The lowest BCUT2D eigenvalue weighted by molar-refractivity contribution is -0.00806. The molecule has 0 radical (unpaired) electrons. The molecule has 0 heterocycles. The molecule has 3 aliphatic rings. The second kappa shape index (κ2) is 6.11. The highest BCUT2D eigenvalue weighted by Gasteiger charge is 2.56. The maximum atomic E-state index is 11.5. The fourth-order valence-corrected chi connectivity index (χ4v) is 6.66. The van der Waals surface area contributed by atoms with Crippen LogP contribution < -0.4 is 9.88 Å². The molecule has 2 saturated carbocycles. The van der Waals surface area contributed by atoms with E-state index in [9.17, 15) is 13.5 Å². The molecule has 1 aromatic rings. The lowest BCUT2D eigenvalue weighted by Crippen LogP contribution is -2.45. The molecule has 0 aliphatic heterocycles. The summed E-state index contributed by atoms with van der Waals surface area (Å²) in [6.07, 6.45) is 5.30. The van der Waals surface area contributed by atoms with Crippen molar-refractivity contribution in [2.75, 3.05) is 7.11 Å². The van der Waals surface area contributed by atoms with Crippen molar-refractivity contribution in [3.63, 3.8) is 0 Å². The van der Waals surface area contributed by atoms with E-state index in [2.05, 4.69) is 6.92 Å². The van der Waals surface area contributed by atoms with E-state index in [0.717, 1.165) is 38.5 Å². The first-order valence-corrected chi connectivity index (χ1v) is 10.8. The Kier molecular flexibility index (Phi) is 4.24. The minimum atomic E-state index is -3.93. The Labute approximate surface area is 154 Å². The topological polar surface area (TPSA) is 98.8 Å². The van der Waals surface area contributed by atoms with Gasteiger partial charge in [-0.1, -0.05) is 6.92 Å². The number of nitrogens with two attached hydrogens (primary N) is 1. The largest absolute Gasteiger partial charge is 0.504 e. The quantitative estimate of drug-likeness (QED) is 0.839. The molecule has 2 fully saturated rings. The first kappa shape index (κ1) is 18.1. The number of benzene rings is 1. The molecule has 0 aromatic heterocycles. The van der Waals surface area contributed by atoms with Crippen LogP contribution in [0.1, 0.15) is 56.1 Å². The summed E-state index contributed by atoms with van der Waals surface area (Å²) in [7, 11) is -2.36. The second-order valence-corrected chi connectivity index (χ2v) is 9.52. The summed E-state index contributed by atoms with van der Waals surface area (Å²) in [6, 6.07) is 3.84. The first-order valence-electron chi connectivity index (χ1n) is 9.33. The van der Waals surface area contributed by atoms with Crippen LogP contribution >= 0.6 is 0 Å². The van der Waals surface area contributed by atoms with Gasteiger partial charge in [0.2, 0.25) is 0 Å². The molecule has 4 rings (SSSR count). The predicted molar refractivity (Wildman–Crippen MR) is 97.3 cm³/mol. The highest BCUT2D eigenvalue weighted by Crippen LogP contribution is 2.62. The average Bonchev–Trinajstić information content (AvgIpc) is 2.89. The molecular formula is C19H27NO5S. The number of phenols is 1. The maximum Gasteiger partial charge on any atom is 0.333 e. The number of phenolic OH excluding ortho intramolecular Hbond substituents is 1. The van der Waals surface area contributed by atoms with Crippen molar-refractivity contribution in [2.45, 2.75) is 57.5 Å². The Morgan fingerprint density at radius 1 is 1.23 bits per heavy atom. The molecule has 0 amide bonds. The molecule has 144 valence electrons. The van der Waals surface area contributed by atoms with Crippen molar-refractivity contribution in [1.82, 2.24) is 0 Å². The summed E-state index contributed by atoms with van der Waals surface area (Å²) < 4.78 is 33.5. The maximum absolute atomic E-state index is 11.5. The van der Waals surface area contributed by atoms with Crippen LogP contribution in [0.25, 0.3) is 0 Å². The number of aromatic hydroxyl groups is 1. The summed E-state index contributed by atoms with van der Waals surface area (Å²) in [6.45, 7) is 2.17. The molecule has 0 bridgehead atoms. The summed E-state index contributed by atoms with van der Waals surface area (Å²) in [5, 5.41) is 15.2. The molecule has 0 saturated heterocycles. The minimum absolute atomic E-state index is 0.147. The third-order valence-electron chi connectivity index (χ3n) is 7.19. The first-order chi connectivity index (χ1) is 12.2. The van der Waals surface area contributed by atoms with Crippen LogP contribution in [0.4, 0.5) is 0 Å². The summed E-state index contributed by atoms with van der Waals surface area (Å²) in [4.78, 5) is 0. The molecule has 0 spiro atoms. The lowest BCUT2D eigenvalue weighted by Gasteiger charge is -2.50. The summed E-state index contributed by atoms with van der Waals surface area (Å²) >= 11 is 0. The van der Waals surface area contributed by atoms with Crippen molar-refractivity contribution in [2.24, 2.45) is 22.4 Å². The Balaban J connectivity index is 1.65. The van der Waals surface area contributed by atoms with Crippen molar-refractivity contribution in [3.8, 4) is 11.5 Å². The van der Waals surface area contributed by atoms with E-state index in [1.807, 2.05) is 12.1 Å². The number of rotatable bonds is 3. The second-order valence-electron chi connectivity index (χ2n) is 8.34. The Morgan fingerprint density at radius 3 is 2.69 bits per heavy atom. The van der Waals surface area contributed by atoms with Gasteiger partial charge in [-0.25, -0.2) is 5.14 Å². The van der Waals surface area contributed by atoms with Crippen molar-refractivity contribution >= 4 is 10.3 Å². The fraction of sp³-hybridized carbons (Fsp3) is 0.684. The highest BCUT2D eigenvalue weighted by atomic mass is 32.2. The van der Waals surface area contributed by atoms with Crippen LogP contribution in [0.5, 0.6) is 11.5 Å². The molecule has 1 aromatic carbocycles. The Hall–Kier alpha value is -1.31. The van der Waals surface area contributed by atoms with Gasteiger partial charge in [0.1, 0.15) is 0 Å². The molecule has 26 heavy (non-hydrogen) atoms. The van der Waals surface area contributed by atoms with Crippen LogP contribution in [-0.4, -0.2) is 26.7 Å². The van der Waals surface area contributed by atoms with Gasteiger partial charge in [0, 0.05) is 0 Å². The van der Waals surface area contributed by atoms with Gasteiger partial charge in [-0.3, -0.25) is 4.18 Å². The van der Waals surface area contributed by atoms with Crippen molar-refractivity contribution in [3.05, 3.63) is 23.3 Å². The number of ether oxygens (including phenoxy) is 1. The normalized spacial score (nSPS) is 36.1. The zero-order valence-corrected chi connectivity index (χ0v) is 16.1. The summed E-state index contributed by atoms with van der Waals surface area (Å²) in [5.41, 5.74) is 2.35. The lowest BCUT2D eigenvalue weighted by atomic mass is 9.55. The molecule has 5 unspecified atom stereocenters. The van der Waals surface area contributed by atoms with Gasteiger partial charge in [-0.15, -0.1) is 0 Å². The summed E-state index contributed by atoms with van der Waals surface area (Å²) in [5.74, 6) is 2.09. The van der Waals surface area contributed by atoms with Gasteiger partial charge in [0.05, 0.1) is 13.2 Å². The van der Waals surface area contributed by atoms with E-state index in [0.29, 0.717) is 23.5 Å². The third-order valence-corrected chi connectivity index (χ3v) is 7.69. The van der Waals surface area contributed by atoms with E-state index >= 15 is 0 Å². The highest BCUT2D eigenvalue weighted by molar-refractivity contribution is 7.84. The number of hydrogen-bond acceptors (Lipinski definition) is 5. The van der Waals surface area contributed by atoms with Crippen LogP contribution in [0, 0.1) is 17.3 Å². The number of aryl methyl sites for hydroxylation is 1. The van der Waals surface area contributed by atoms with E-state index in [1.165, 1.54) is 11.1 Å². The molecule has 6 nitrogen and oxygen atoms in total. The van der Waals surface area contributed by atoms with Gasteiger partial charge in [-0.05, 0) is 85.0 Å². The van der Waals surface area contributed by atoms with Crippen LogP contribution in [0.15, 0.2) is 12.1 Å².